The molecule has 1 rings (SSSR count). The molecule has 0 aliphatic heterocycles. The fourth-order valence-corrected chi connectivity index (χ4v) is 1.36. The fraction of sp³-hybridized carbons (Fsp3) is 0.600. The highest BCUT2D eigenvalue weighted by Crippen LogP contribution is 2.07. The summed E-state index contributed by atoms with van der Waals surface area (Å²) in [5.41, 5.74) is -1.10. The summed E-state index contributed by atoms with van der Waals surface area (Å²) >= 11 is 5.63. The lowest BCUT2D eigenvalue weighted by Gasteiger charge is -2.15. The maximum Gasteiger partial charge on any atom is 0.330 e. The van der Waals surface area contributed by atoms with E-state index in [0.29, 0.717) is 6.61 Å². The maximum absolute atomic E-state index is 11.4. The van der Waals surface area contributed by atoms with Crippen molar-refractivity contribution < 1.29 is 4.74 Å². The molecule has 0 aromatic carbocycles. The third kappa shape index (κ3) is 3.21. The van der Waals surface area contributed by atoms with E-state index in [2.05, 4.69) is 11.9 Å². The molecule has 0 bridgehead atoms. The molecule has 0 amide bonds. The van der Waals surface area contributed by atoms with Crippen LogP contribution in [-0.4, -0.2) is 16.2 Å². The zero-order valence-corrected chi connectivity index (χ0v) is 10.1. The van der Waals surface area contributed by atoms with E-state index in [1.54, 1.807) is 6.92 Å². The molecule has 0 unspecified atom stereocenters. The molecule has 0 aliphatic rings. The van der Waals surface area contributed by atoms with Gasteiger partial charge in [0.2, 0.25) is 0 Å². The van der Waals surface area contributed by atoms with E-state index in [0.717, 1.165) is 12.8 Å². The van der Waals surface area contributed by atoms with Gasteiger partial charge in [-0.1, -0.05) is 24.9 Å². The van der Waals surface area contributed by atoms with Gasteiger partial charge in [-0.15, -0.1) is 0 Å². The second-order valence-corrected chi connectivity index (χ2v) is 3.87. The summed E-state index contributed by atoms with van der Waals surface area (Å²) in [7, 11) is 0. The molecule has 0 aliphatic carbocycles. The van der Waals surface area contributed by atoms with Gasteiger partial charge in [-0.3, -0.25) is 14.3 Å². The van der Waals surface area contributed by atoms with Crippen molar-refractivity contribution in [1.82, 2.24) is 9.55 Å². The SMILES string of the molecule is CCCCO[C@H](C)n1cc(Cl)c(=O)[nH]c1=O. The average molecular weight is 247 g/mol. The molecular formula is C10H15ClN2O3. The van der Waals surface area contributed by atoms with E-state index in [1.165, 1.54) is 10.8 Å². The summed E-state index contributed by atoms with van der Waals surface area (Å²) in [5, 5.41) is -0.0226. The molecule has 0 saturated heterocycles. The van der Waals surface area contributed by atoms with Crippen LogP contribution < -0.4 is 11.2 Å². The van der Waals surface area contributed by atoms with Crippen molar-refractivity contribution in [2.45, 2.75) is 32.9 Å². The van der Waals surface area contributed by atoms with Crippen molar-refractivity contribution in [1.29, 1.82) is 0 Å². The number of hydrogen-bond acceptors (Lipinski definition) is 3. The summed E-state index contributed by atoms with van der Waals surface area (Å²) in [6.45, 7) is 4.35. The number of nitrogens with one attached hydrogen (secondary N) is 1. The summed E-state index contributed by atoms with van der Waals surface area (Å²) in [5.74, 6) is 0. The van der Waals surface area contributed by atoms with Crippen molar-refractivity contribution in [3.63, 3.8) is 0 Å². The van der Waals surface area contributed by atoms with Gasteiger partial charge in [0.15, 0.2) is 0 Å². The van der Waals surface area contributed by atoms with Crippen molar-refractivity contribution in [3.05, 3.63) is 32.1 Å². The van der Waals surface area contributed by atoms with Crippen LogP contribution in [-0.2, 0) is 4.74 Å². The van der Waals surface area contributed by atoms with Gasteiger partial charge in [-0.2, -0.15) is 0 Å². The highest BCUT2D eigenvalue weighted by Gasteiger charge is 2.09. The van der Waals surface area contributed by atoms with Crippen molar-refractivity contribution in [2.24, 2.45) is 0 Å². The van der Waals surface area contributed by atoms with Crippen molar-refractivity contribution in [3.8, 4) is 0 Å². The van der Waals surface area contributed by atoms with Gasteiger partial charge in [0, 0.05) is 12.8 Å². The average Bonchev–Trinajstić information content (AvgIpc) is 2.23. The van der Waals surface area contributed by atoms with Gasteiger partial charge in [-0.05, 0) is 13.3 Å². The number of ether oxygens (including phenoxy) is 1. The molecule has 1 heterocycles. The van der Waals surface area contributed by atoms with Crippen LogP contribution in [0.1, 0.15) is 32.9 Å². The number of nitrogens with zero attached hydrogens (tertiary/aromatic N) is 1. The Morgan fingerprint density at radius 3 is 2.88 bits per heavy atom. The minimum atomic E-state index is -0.580. The highest BCUT2D eigenvalue weighted by molar-refractivity contribution is 6.30. The zero-order valence-electron chi connectivity index (χ0n) is 9.33. The predicted molar refractivity (Wildman–Crippen MR) is 61.9 cm³/mol. The molecular weight excluding hydrogens is 232 g/mol. The molecule has 6 heteroatoms. The first kappa shape index (κ1) is 13.0. The molecule has 0 fully saturated rings. The minimum absolute atomic E-state index is 0.0226. The number of hydrogen-bond donors (Lipinski definition) is 1. The predicted octanol–water partition coefficient (Wildman–Crippen LogP) is 1.53. The largest absolute Gasteiger partial charge is 0.358 e. The molecule has 1 aromatic rings. The van der Waals surface area contributed by atoms with Crippen LogP contribution in [0.25, 0.3) is 0 Å². The van der Waals surface area contributed by atoms with Crippen LogP contribution >= 0.6 is 11.6 Å². The Bertz CT molecular complexity index is 452. The quantitative estimate of drug-likeness (QED) is 0.802. The first-order chi connectivity index (χ1) is 7.56. The lowest BCUT2D eigenvalue weighted by atomic mass is 10.4. The van der Waals surface area contributed by atoms with E-state index in [4.69, 9.17) is 16.3 Å². The third-order valence-electron chi connectivity index (χ3n) is 2.17. The van der Waals surface area contributed by atoms with Crippen LogP contribution in [0.5, 0.6) is 0 Å². The Kier molecular flexibility index (Phi) is 4.76. The van der Waals surface area contributed by atoms with Crippen LogP contribution in [0.3, 0.4) is 0 Å². The number of H-pyrrole nitrogens is 1. The van der Waals surface area contributed by atoms with Gasteiger partial charge in [-0.25, -0.2) is 4.79 Å². The zero-order chi connectivity index (χ0) is 12.1. The second kappa shape index (κ2) is 5.86. The van der Waals surface area contributed by atoms with Crippen LogP contribution in [0.2, 0.25) is 5.02 Å². The number of halogens is 1. The minimum Gasteiger partial charge on any atom is -0.358 e. The molecule has 0 spiro atoms. The molecule has 1 N–H and O–H groups in total. The first-order valence-electron chi connectivity index (χ1n) is 5.18. The molecule has 1 aromatic heterocycles. The summed E-state index contributed by atoms with van der Waals surface area (Å²) in [6.07, 6.45) is 2.80. The molecule has 90 valence electrons. The summed E-state index contributed by atoms with van der Waals surface area (Å²) in [4.78, 5) is 24.6. The second-order valence-electron chi connectivity index (χ2n) is 3.47. The molecule has 1 atom stereocenters. The van der Waals surface area contributed by atoms with Gasteiger partial charge in [0.05, 0.1) is 0 Å². The van der Waals surface area contributed by atoms with Crippen molar-refractivity contribution in [2.75, 3.05) is 6.61 Å². The fourth-order valence-electron chi connectivity index (χ4n) is 1.21. The van der Waals surface area contributed by atoms with E-state index >= 15 is 0 Å². The molecule has 0 radical (unpaired) electrons. The van der Waals surface area contributed by atoms with Gasteiger partial charge >= 0.3 is 5.69 Å². The Morgan fingerprint density at radius 2 is 2.25 bits per heavy atom. The Balaban J connectivity index is 2.83. The molecule has 5 nitrogen and oxygen atoms in total. The molecule has 0 saturated carbocycles. The van der Waals surface area contributed by atoms with Crippen LogP contribution in [0, 0.1) is 0 Å². The van der Waals surface area contributed by atoms with E-state index in [1.807, 2.05) is 0 Å². The maximum atomic E-state index is 11.4. The van der Waals surface area contributed by atoms with Gasteiger partial charge in [0.1, 0.15) is 11.3 Å². The number of aromatic nitrogens is 2. The standard InChI is InChI=1S/C10H15ClN2O3/c1-3-4-5-16-7(2)13-6-8(11)9(14)12-10(13)15/h6-7H,3-5H2,1-2H3,(H,12,14,15)/t7-/m1/s1. The van der Waals surface area contributed by atoms with E-state index in [9.17, 15) is 9.59 Å². The monoisotopic (exact) mass is 246 g/mol. The Labute approximate surface area is 98.0 Å². The summed E-state index contributed by atoms with van der Waals surface area (Å²) < 4.78 is 6.69. The number of aromatic amines is 1. The Morgan fingerprint density at radius 1 is 1.56 bits per heavy atom. The number of unbranched alkanes of at least 4 members (excludes halogenated alkanes) is 1. The lowest BCUT2D eigenvalue weighted by molar-refractivity contribution is 0.0114. The third-order valence-corrected chi connectivity index (χ3v) is 2.44. The van der Waals surface area contributed by atoms with E-state index in [-0.39, 0.29) is 5.02 Å². The van der Waals surface area contributed by atoms with Crippen molar-refractivity contribution >= 4 is 11.6 Å². The topological polar surface area (TPSA) is 64.1 Å². The lowest BCUT2D eigenvalue weighted by Crippen LogP contribution is -2.32. The Hall–Kier alpha value is -1.07. The first-order valence-corrected chi connectivity index (χ1v) is 5.56. The normalized spacial score (nSPS) is 12.7. The van der Waals surface area contributed by atoms with Crippen LogP contribution in [0.4, 0.5) is 0 Å². The summed E-state index contributed by atoms with van der Waals surface area (Å²) in [6, 6.07) is 0. The van der Waals surface area contributed by atoms with E-state index < -0.39 is 17.5 Å². The van der Waals surface area contributed by atoms with Crippen LogP contribution in [0.15, 0.2) is 15.8 Å². The number of rotatable bonds is 5. The van der Waals surface area contributed by atoms with Gasteiger partial charge in [0.25, 0.3) is 5.56 Å². The highest BCUT2D eigenvalue weighted by atomic mass is 35.5. The van der Waals surface area contributed by atoms with Gasteiger partial charge < -0.3 is 4.74 Å². The molecule has 16 heavy (non-hydrogen) atoms. The smallest absolute Gasteiger partial charge is 0.330 e.